The van der Waals surface area contributed by atoms with Crippen molar-refractivity contribution in [3.63, 3.8) is 0 Å². The molecule has 7 nitrogen and oxygen atoms in total. The second-order valence-corrected chi connectivity index (χ2v) is 9.57. The van der Waals surface area contributed by atoms with E-state index in [4.69, 9.17) is 0 Å². The number of thioether (sulfide) groups is 1. The molecule has 0 radical (unpaired) electrons. The third-order valence-corrected chi connectivity index (χ3v) is 6.98. The van der Waals surface area contributed by atoms with Gasteiger partial charge in [0.1, 0.15) is 4.83 Å². The average Bonchev–Trinajstić information content (AvgIpc) is 3.07. The summed E-state index contributed by atoms with van der Waals surface area (Å²) in [5.74, 6) is 0.111. The lowest BCUT2D eigenvalue weighted by Crippen LogP contribution is -2.19. The van der Waals surface area contributed by atoms with Crippen LogP contribution in [0.15, 0.2) is 34.2 Å². The van der Waals surface area contributed by atoms with Crippen molar-refractivity contribution in [3.05, 3.63) is 50.6 Å². The first-order chi connectivity index (χ1) is 14.8. The van der Waals surface area contributed by atoms with Crippen LogP contribution in [0, 0.1) is 12.8 Å². The largest absolute Gasteiger partial charge is 0.355 e. The molecular formula is C22H26N4O3S2. The van der Waals surface area contributed by atoms with Crippen molar-refractivity contribution in [3.8, 4) is 0 Å². The van der Waals surface area contributed by atoms with Crippen LogP contribution in [0.5, 0.6) is 0 Å². The van der Waals surface area contributed by atoms with Crippen molar-refractivity contribution in [2.75, 3.05) is 18.1 Å². The fraction of sp³-hybridized carbons (Fsp3) is 0.364. The number of nitrogens with one attached hydrogen (secondary N) is 3. The maximum Gasteiger partial charge on any atom is 0.260 e. The van der Waals surface area contributed by atoms with Gasteiger partial charge in [0.05, 0.1) is 11.1 Å². The number of fused-ring (bicyclic) bond motifs is 1. The van der Waals surface area contributed by atoms with E-state index >= 15 is 0 Å². The summed E-state index contributed by atoms with van der Waals surface area (Å²) < 4.78 is 0. The normalized spacial score (nSPS) is 12.0. The molecule has 1 aromatic carbocycles. The number of carbonyl (C=O) groups is 2. The zero-order chi connectivity index (χ0) is 22.5. The van der Waals surface area contributed by atoms with Crippen LogP contribution < -0.4 is 16.2 Å². The van der Waals surface area contributed by atoms with Crippen molar-refractivity contribution in [2.45, 2.75) is 38.8 Å². The lowest BCUT2D eigenvalue weighted by atomic mass is 9.98. The Morgan fingerprint density at radius 3 is 2.81 bits per heavy atom. The Morgan fingerprint density at radius 1 is 1.32 bits per heavy atom. The summed E-state index contributed by atoms with van der Waals surface area (Å²) in [4.78, 5) is 46.0. The molecule has 31 heavy (non-hydrogen) atoms. The number of benzene rings is 1. The van der Waals surface area contributed by atoms with E-state index in [1.807, 2.05) is 6.92 Å². The van der Waals surface area contributed by atoms with Gasteiger partial charge in [0.2, 0.25) is 5.91 Å². The Morgan fingerprint density at radius 2 is 2.10 bits per heavy atom. The Hall–Kier alpha value is -2.65. The number of rotatable bonds is 8. The standard InChI is InChI=1S/C22H26N4O3S2/c1-5-12(2)9-16-13(3)31-21-18(16)20(29)25-22(26-21)30-11-17(27)24-15-8-6-7-14(10-15)19(28)23-4/h6-8,10,12H,5,9,11H2,1-4H3,(H,23,28)(H,24,27)(H,25,26,29). The maximum atomic E-state index is 12.7. The van der Waals surface area contributed by atoms with Crippen LogP contribution in [0.3, 0.4) is 0 Å². The number of anilines is 1. The highest BCUT2D eigenvalue weighted by Crippen LogP contribution is 2.30. The third-order valence-electron chi connectivity index (χ3n) is 5.07. The quantitative estimate of drug-likeness (QED) is 0.350. The SMILES string of the molecule is CCC(C)Cc1c(C)sc2nc(SCC(=O)Nc3cccc(C(=O)NC)c3)[nH]c(=O)c12. The van der Waals surface area contributed by atoms with Crippen LogP contribution >= 0.6 is 23.1 Å². The van der Waals surface area contributed by atoms with E-state index in [9.17, 15) is 14.4 Å². The lowest BCUT2D eigenvalue weighted by molar-refractivity contribution is -0.113. The first-order valence-electron chi connectivity index (χ1n) is 10.1. The molecule has 0 saturated carbocycles. The molecule has 3 N–H and O–H groups in total. The summed E-state index contributed by atoms with van der Waals surface area (Å²) in [6.45, 7) is 6.35. The van der Waals surface area contributed by atoms with E-state index in [2.05, 4.69) is 34.4 Å². The molecule has 2 aromatic heterocycles. The van der Waals surface area contributed by atoms with E-state index in [1.54, 1.807) is 31.3 Å². The van der Waals surface area contributed by atoms with Crippen LogP contribution in [0.25, 0.3) is 10.2 Å². The Bertz CT molecular complexity index is 1170. The van der Waals surface area contributed by atoms with E-state index in [1.165, 1.54) is 23.1 Å². The molecule has 9 heteroatoms. The maximum absolute atomic E-state index is 12.7. The van der Waals surface area contributed by atoms with Crippen molar-refractivity contribution >= 4 is 50.8 Å². The summed E-state index contributed by atoms with van der Waals surface area (Å²) in [5.41, 5.74) is 1.92. The zero-order valence-electron chi connectivity index (χ0n) is 18.0. The molecule has 0 fully saturated rings. The van der Waals surface area contributed by atoms with Crippen molar-refractivity contribution < 1.29 is 9.59 Å². The number of amides is 2. The minimum absolute atomic E-state index is 0.0860. The molecule has 3 rings (SSSR count). The molecule has 164 valence electrons. The second kappa shape index (κ2) is 10.1. The lowest BCUT2D eigenvalue weighted by Gasteiger charge is -2.08. The summed E-state index contributed by atoms with van der Waals surface area (Å²) >= 11 is 2.69. The fourth-order valence-corrected chi connectivity index (χ4v) is 4.95. The molecule has 0 aliphatic rings. The monoisotopic (exact) mass is 458 g/mol. The van der Waals surface area contributed by atoms with Crippen LogP contribution in [-0.4, -0.2) is 34.6 Å². The van der Waals surface area contributed by atoms with Crippen molar-refractivity contribution in [1.29, 1.82) is 0 Å². The molecule has 2 heterocycles. The summed E-state index contributed by atoms with van der Waals surface area (Å²) in [6.07, 6.45) is 1.91. The highest BCUT2D eigenvalue weighted by molar-refractivity contribution is 7.99. The fourth-order valence-electron chi connectivity index (χ4n) is 3.18. The molecule has 1 atom stereocenters. The second-order valence-electron chi connectivity index (χ2n) is 7.40. The van der Waals surface area contributed by atoms with Gasteiger partial charge in [0, 0.05) is 23.2 Å². The molecule has 2 amide bonds. The van der Waals surface area contributed by atoms with Gasteiger partial charge in [-0.05, 0) is 43.0 Å². The molecular weight excluding hydrogens is 432 g/mol. The molecule has 0 spiro atoms. The van der Waals surface area contributed by atoms with E-state index in [0.29, 0.717) is 32.5 Å². The van der Waals surface area contributed by atoms with Crippen LogP contribution in [0.2, 0.25) is 0 Å². The number of aromatic nitrogens is 2. The summed E-state index contributed by atoms with van der Waals surface area (Å²) in [6, 6.07) is 6.71. The molecule has 0 aliphatic carbocycles. The van der Waals surface area contributed by atoms with Gasteiger partial charge < -0.3 is 15.6 Å². The average molecular weight is 459 g/mol. The third kappa shape index (κ3) is 5.54. The minimum atomic E-state index is -0.248. The number of hydrogen-bond acceptors (Lipinski definition) is 6. The Kier molecular flexibility index (Phi) is 7.50. The minimum Gasteiger partial charge on any atom is -0.355 e. The van der Waals surface area contributed by atoms with Crippen LogP contribution in [0.4, 0.5) is 5.69 Å². The summed E-state index contributed by atoms with van der Waals surface area (Å²) in [7, 11) is 1.55. The molecule has 0 bridgehead atoms. The molecule has 1 unspecified atom stereocenters. The van der Waals surface area contributed by atoms with Gasteiger partial charge in [-0.25, -0.2) is 4.98 Å². The van der Waals surface area contributed by atoms with E-state index in [0.717, 1.165) is 23.3 Å². The first-order valence-corrected chi connectivity index (χ1v) is 11.9. The predicted molar refractivity (Wildman–Crippen MR) is 127 cm³/mol. The van der Waals surface area contributed by atoms with Gasteiger partial charge in [-0.2, -0.15) is 0 Å². The first kappa shape index (κ1) is 23.0. The highest BCUT2D eigenvalue weighted by Gasteiger charge is 2.17. The van der Waals surface area contributed by atoms with Crippen LogP contribution in [-0.2, 0) is 11.2 Å². The number of carbonyl (C=O) groups excluding carboxylic acids is 2. The number of aryl methyl sites for hydroxylation is 1. The summed E-state index contributed by atoms with van der Waals surface area (Å²) in [5, 5.41) is 6.41. The molecule has 3 aromatic rings. The van der Waals surface area contributed by atoms with Crippen molar-refractivity contribution in [2.24, 2.45) is 5.92 Å². The number of hydrogen-bond donors (Lipinski definition) is 3. The van der Waals surface area contributed by atoms with Gasteiger partial charge in [-0.15, -0.1) is 11.3 Å². The van der Waals surface area contributed by atoms with Crippen molar-refractivity contribution in [1.82, 2.24) is 15.3 Å². The highest BCUT2D eigenvalue weighted by atomic mass is 32.2. The Labute approximate surface area is 189 Å². The van der Waals surface area contributed by atoms with Gasteiger partial charge in [0.25, 0.3) is 11.5 Å². The van der Waals surface area contributed by atoms with Gasteiger partial charge in [0.15, 0.2) is 5.16 Å². The topological polar surface area (TPSA) is 104 Å². The van der Waals surface area contributed by atoms with Gasteiger partial charge in [-0.3, -0.25) is 14.4 Å². The van der Waals surface area contributed by atoms with E-state index in [-0.39, 0.29) is 23.1 Å². The molecule has 0 aliphatic heterocycles. The zero-order valence-corrected chi connectivity index (χ0v) is 19.6. The van der Waals surface area contributed by atoms with Gasteiger partial charge >= 0.3 is 0 Å². The Balaban J connectivity index is 1.71. The number of aromatic amines is 1. The predicted octanol–water partition coefficient (Wildman–Crippen LogP) is 3.97. The molecule has 0 saturated heterocycles. The van der Waals surface area contributed by atoms with Crippen LogP contribution in [0.1, 0.15) is 41.1 Å². The number of H-pyrrole nitrogens is 1. The van der Waals surface area contributed by atoms with E-state index < -0.39 is 0 Å². The smallest absolute Gasteiger partial charge is 0.260 e. The number of nitrogens with zero attached hydrogens (tertiary/aromatic N) is 1. The van der Waals surface area contributed by atoms with Gasteiger partial charge in [-0.1, -0.05) is 38.1 Å². The number of thiophene rings is 1.